The highest BCUT2D eigenvalue weighted by Gasteiger charge is 2.45. The molecule has 110 valence electrons. The first kappa shape index (κ1) is 15.6. The molecule has 3 atom stereocenters. The summed E-state index contributed by atoms with van der Waals surface area (Å²) in [6.45, 7) is 7.45. The maximum Gasteiger partial charge on any atom is 0.233 e. The molecule has 21 heavy (non-hydrogen) atoms. The molecule has 0 aromatic heterocycles. The molecule has 4 nitrogen and oxygen atoms in total. The van der Waals surface area contributed by atoms with E-state index in [4.69, 9.17) is 16.9 Å². The van der Waals surface area contributed by atoms with Gasteiger partial charge < -0.3 is 10.0 Å². The molecule has 1 aliphatic rings. The van der Waals surface area contributed by atoms with E-state index in [1.807, 2.05) is 13.0 Å². The average Bonchev–Trinajstić information content (AvgIpc) is 2.62. The SMILES string of the molecule is C=C(C)CC1C(=O)N(c2ccc(C#N)c(Cl)c2)[C@@H](C)[C@H]1O. The minimum atomic E-state index is -0.747. The third kappa shape index (κ3) is 2.80. The van der Waals surface area contributed by atoms with Crippen molar-refractivity contribution in [2.24, 2.45) is 5.92 Å². The lowest BCUT2D eigenvalue weighted by Gasteiger charge is -2.23. The fourth-order valence-electron chi connectivity index (χ4n) is 2.70. The van der Waals surface area contributed by atoms with Gasteiger partial charge in [0.15, 0.2) is 0 Å². The first-order valence-electron chi connectivity index (χ1n) is 6.72. The molecule has 1 aromatic carbocycles. The molecule has 1 saturated heterocycles. The van der Waals surface area contributed by atoms with Gasteiger partial charge in [0.25, 0.3) is 0 Å². The number of hydrogen-bond donors (Lipinski definition) is 1. The van der Waals surface area contributed by atoms with Gasteiger partial charge in [-0.05, 0) is 38.5 Å². The van der Waals surface area contributed by atoms with Crippen molar-refractivity contribution in [1.82, 2.24) is 0 Å². The maximum absolute atomic E-state index is 12.5. The Labute approximate surface area is 129 Å². The minimum Gasteiger partial charge on any atom is -0.390 e. The zero-order valence-electron chi connectivity index (χ0n) is 12.0. The lowest BCUT2D eigenvalue weighted by molar-refractivity contribution is -0.121. The number of aliphatic hydroxyl groups excluding tert-OH is 1. The van der Waals surface area contributed by atoms with Crippen molar-refractivity contribution in [1.29, 1.82) is 5.26 Å². The Balaban J connectivity index is 2.36. The maximum atomic E-state index is 12.5. The van der Waals surface area contributed by atoms with Gasteiger partial charge in [-0.25, -0.2) is 0 Å². The third-order valence-corrected chi connectivity index (χ3v) is 4.10. The predicted molar refractivity (Wildman–Crippen MR) is 82.0 cm³/mol. The van der Waals surface area contributed by atoms with Gasteiger partial charge in [0, 0.05) is 5.69 Å². The first-order valence-corrected chi connectivity index (χ1v) is 7.09. The lowest BCUT2D eigenvalue weighted by Crippen LogP contribution is -2.34. The van der Waals surface area contributed by atoms with Crippen molar-refractivity contribution in [2.45, 2.75) is 32.4 Å². The molecule has 1 fully saturated rings. The monoisotopic (exact) mass is 304 g/mol. The highest BCUT2D eigenvalue weighted by atomic mass is 35.5. The standard InChI is InChI=1S/C16H17ClN2O2/c1-9(2)6-13-15(20)10(3)19(16(13)21)12-5-4-11(8-18)14(17)7-12/h4-5,7,10,13,15,20H,1,6H2,2-3H3/t10-,13?,15+/m0/s1. The number of carbonyl (C=O) groups is 1. The summed E-state index contributed by atoms with van der Waals surface area (Å²) in [5.41, 5.74) is 1.82. The van der Waals surface area contributed by atoms with E-state index in [9.17, 15) is 9.90 Å². The van der Waals surface area contributed by atoms with Crippen LogP contribution in [0, 0.1) is 17.2 Å². The molecular weight excluding hydrogens is 288 g/mol. The number of amides is 1. The van der Waals surface area contributed by atoms with Crippen LogP contribution in [0.25, 0.3) is 0 Å². The summed E-state index contributed by atoms with van der Waals surface area (Å²) in [7, 11) is 0. The highest BCUT2D eigenvalue weighted by molar-refractivity contribution is 6.32. The molecule has 2 rings (SSSR count). The minimum absolute atomic E-state index is 0.140. The van der Waals surface area contributed by atoms with Crippen LogP contribution in [0.15, 0.2) is 30.4 Å². The van der Waals surface area contributed by atoms with Crippen molar-refractivity contribution in [3.63, 3.8) is 0 Å². The Hall–Kier alpha value is -1.83. The van der Waals surface area contributed by atoms with E-state index in [0.29, 0.717) is 22.7 Å². The molecule has 0 bridgehead atoms. The molecule has 1 N–H and O–H groups in total. The van der Waals surface area contributed by atoms with E-state index in [-0.39, 0.29) is 11.9 Å². The molecule has 1 aromatic rings. The fourth-order valence-corrected chi connectivity index (χ4v) is 2.92. The summed E-state index contributed by atoms with van der Waals surface area (Å²) in [6.07, 6.45) is -0.284. The Morgan fingerprint density at radius 3 is 2.76 bits per heavy atom. The van der Waals surface area contributed by atoms with Crippen LogP contribution in [0.2, 0.25) is 5.02 Å². The lowest BCUT2D eigenvalue weighted by atomic mass is 9.95. The molecule has 1 unspecified atom stereocenters. The third-order valence-electron chi connectivity index (χ3n) is 3.79. The number of hydrogen-bond acceptors (Lipinski definition) is 3. The molecule has 1 amide bonds. The number of aliphatic hydroxyl groups is 1. The van der Waals surface area contributed by atoms with Gasteiger partial charge in [0.05, 0.1) is 28.6 Å². The van der Waals surface area contributed by atoms with Gasteiger partial charge in [-0.3, -0.25) is 4.79 Å². The second kappa shape index (κ2) is 5.88. The van der Waals surface area contributed by atoms with Crippen LogP contribution in [0.4, 0.5) is 5.69 Å². The van der Waals surface area contributed by atoms with Crippen molar-refractivity contribution < 1.29 is 9.90 Å². The van der Waals surface area contributed by atoms with Gasteiger partial charge in [0.1, 0.15) is 6.07 Å². The van der Waals surface area contributed by atoms with Crippen LogP contribution in [-0.4, -0.2) is 23.2 Å². The molecule has 1 aliphatic heterocycles. The molecule has 1 heterocycles. The first-order chi connectivity index (χ1) is 9.86. The number of halogens is 1. The molecule has 0 spiro atoms. The molecule has 0 radical (unpaired) electrons. The predicted octanol–water partition coefficient (Wildman–Crippen LogP) is 2.89. The summed E-state index contributed by atoms with van der Waals surface area (Å²) in [5.74, 6) is -0.620. The van der Waals surface area contributed by atoms with Gasteiger partial charge in [-0.1, -0.05) is 17.2 Å². The van der Waals surface area contributed by atoms with Crippen LogP contribution < -0.4 is 4.90 Å². The van der Waals surface area contributed by atoms with Crippen LogP contribution in [0.1, 0.15) is 25.8 Å². The Morgan fingerprint density at radius 2 is 2.24 bits per heavy atom. The summed E-state index contributed by atoms with van der Waals surface area (Å²) in [6, 6.07) is 6.48. The summed E-state index contributed by atoms with van der Waals surface area (Å²) in [5, 5.41) is 19.5. The zero-order valence-corrected chi connectivity index (χ0v) is 12.8. The van der Waals surface area contributed by atoms with E-state index in [0.717, 1.165) is 5.57 Å². The van der Waals surface area contributed by atoms with Gasteiger partial charge in [-0.2, -0.15) is 5.26 Å². The summed E-state index contributed by atoms with van der Waals surface area (Å²) in [4.78, 5) is 14.1. The number of rotatable bonds is 3. The second-order valence-electron chi connectivity index (χ2n) is 5.48. The van der Waals surface area contributed by atoms with Gasteiger partial charge in [-0.15, -0.1) is 6.58 Å². The normalized spacial score (nSPS) is 25.0. The smallest absolute Gasteiger partial charge is 0.233 e. The molecule has 0 aliphatic carbocycles. The number of nitriles is 1. The number of nitrogens with zero attached hydrogens (tertiary/aromatic N) is 2. The highest BCUT2D eigenvalue weighted by Crippen LogP contribution is 2.35. The number of benzene rings is 1. The van der Waals surface area contributed by atoms with Crippen molar-refractivity contribution in [3.8, 4) is 6.07 Å². The van der Waals surface area contributed by atoms with Crippen LogP contribution in [-0.2, 0) is 4.79 Å². The van der Waals surface area contributed by atoms with E-state index in [1.54, 1.807) is 30.0 Å². The largest absolute Gasteiger partial charge is 0.390 e. The number of anilines is 1. The van der Waals surface area contributed by atoms with Crippen LogP contribution in [0.3, 0.4) is 0 Å². The summed E-state index contributed by atoms with van der Waals surface area (Å²) < 4.78 is 0. The van der Waals surface area contributed by atoms with E-state index >= 15 is 0 Å². The van der Waals surface area contributed by atoms with Crippen LogP contribution >= 0.6 is 11.6 Å². The van der Waals surface area contributed by atoms with Crippen LogP contribution in [0.5, 0.6) is 0 Å². The van der Waals surface area contributed by atoms with Gasteiger partial charge >= 0.3 is 0 Å². The van der Waals surface area contributed by atoms with E-state index in [1.165, 1.54) is 0 Å². The average molecular weight is 305 g/mol. The molecule has 5 heteroatoms. The van der Waals surface area contributed by atoms with Crippen molar-refractivity contribution in [2.75, 3.05) is 4.90 Å². The topological polar surface area (TPSA) is 64.3 Å². The Bertz CT molecular complexity index is 636. The van der Waals surface area contributed by atoms with Gasteiger partial charge in [0.2, 0.25) is 5.91 Å². The summed E-state index contributed by atoms with van der Waals surface area (Å²) >= 11 is 6.02. The molecule has 0 saturated carbocycles. The number of carbonyl (C=O) groups excluding carboxylic acids is 1. The van der Waals surface area contributed by atoms with Crippen molar-refractivity contribution in [3.05, 3.63) is 40.9 Å². The second-order valence-corrected chi connectivity index (χ2v) is 5.89. The Morgan fingerprint density at radius 1 is 1.57 bits per heavy atom. The zero-order chi connectivity index (χ0) is 15.7. The fraction of sp³-hybridized carbons (Fsp3) is 0.375. The van der Waals surface area contributed by atoms with Crippen molar-refractivity contribution >= 4 is 23.2 Å². The number of allylic oxidation sites excluding steroid dienone is 1. The van der Waals surface area contributed by atoms with E-state index < -0.39 is 12.0 Å². The molecular formula is C16H17ClN2O2. The Kier molecular flexibility index (Phi) is 4.36. The quantitative estimate of drug-likeness (QED) is 0.873. The van der Waals surface area contributed by atoms with E-state index in [2.05, 4.69) is 6.58 Å².